The topological polar surface area (TPSA) is 83.1 Å². The van der Waals surface area contributed by atoms with Crippen LogP contribution < -0.4 is 4.74 Å². The molecule has 4 aromatic rings. The predicted molar refractivity (Wildman–Crippen MR) is 134 cm³/mol. The second-order valence-corrected chi connectivity index (χ2v) is 9.42. The predicted octanol–water partition coefficient (Wildman–Crippen LogP) is 6.23. The van der Waals surface area contributed by atoms with E-state index in [-0.39, 0.29) is 11.5 Å². The lowest BCUT2D eigenvalue weighted by molar-refractivity contribution is -0.479. The number of rotatable bonds is 9. The minimum atomic E-state index is -0.438. The zero-order valence-electron chi connectivity index (χ0n) is 18.7. The van der Waals surface area contributed by atoms with Gasteiger partial charge in [-0.1, -0.05) is 59.8 Å². The van der Waals surface area contributed by atoms with Crippen molar-refractivity contribution >= 4 is 23.4 Å². The highest BCUT2D eigenvalue weighted by Crippen LogP contribution is 2.36. The van der Waals surface area contributed by atoms with Crippen LogP contribution in [0.3, 0.4) is 0 Å². The summed E-state index contributed by atoms with van der Waals surface area (Å²) in [6.45, 7) is 4.05. The molecule has 0 radical (unpaired) electrons. The maximum Gasteiger partial charge on any atom is 0.220 e. The van der Waals surface area contributed by atoms with E-state index < -0.39 is 5.25 Å². The van der Waals surface area contributed by atoms with Gasteiger partial charge in [-0.2, -0.15) is 0 Å². The molecule has 0 aliphatic carbocycles. The number of ether oxygens (including phenoxy) is 1. The lowest BCUT2D eigenvalue weighted by Gasteiger charge is -2.15. The number of aromatic nitrogens is 3. The zero-order valence-corrected chi connectivity index (χ0v) is 20.3. The molecule has 34 heavy (non-hydrogen) atoms. The quantitative estimate of drug-likeness (QED) is 0.156. The number of nitro groups is 1. The number of nitrogens with zero attached hydrogens (tertiary/aromatic N) is 4. The van der Waals surface area contributed by atoms with Gasteiger partial charge < -0.3 is 4.74 Å². The number of thioether (sulfide) groups is 1. The zero-order chi connectivity index (χ0) is 24.1. The van der Waals surface area contributed by atoms with Crippen molar-refractivity contribution in [3.8, 4) is 11.4 Å². The van der Waals surface area contributed by atoms with E-state index in [1.165, 1.54) is 11.8 Å². The Balaban J connectivity index is 1.53. The fourth-order valence-electron chi connectivity index (χ4n) is 3.48. The summed E-state index contributed by atoms with van der Waals surface area (Å²) in [6, 6.07) is 22.8. The molecular formula is C25H23ClN4O3S. The number of benzene rings is 3. The molecule has 0 N–H and O–H groups in total. The number of hydrogen-bond acceptors (Lipinski definition) is 6. The average molecular weight is 495 g/mol. The van der Waals surface area contributed by atoms with Crippen LogP contribution in [0.5, 0.6) is 5.75 Å². The maximum atomic E-state index is 11.4. The molecule has 174 valence electrons. The molecule has 0 saturated heterocycles. The Kier molecular flexibility index (Phi) is 7.49. The van der Waals surface area contributed by atoms with Crippen LogP contribution in [0, 0.1) is 24.0 Å². The van der Waals surface area contributed by atoms with Gasteiger partial charge >= 0.3 is 0 Å². The third-order valence-electron chi connectivity index (χ3n) is 5.19. The molecule has 0 aliphatic rings. The molecule has 9 heteroatoms. The van der Waals surface area contributed by atoms with E-state index in [1.54, 1.807) is 0 Å². The summed E-state index contributed by atoms with van der Waals surface area (Å²) in [5, 5.41) is 20.8. The minimum absolute atomic E-state index is 0.241. The molecule has 0 saturated carbocycles. The molecule has 0 bridgehead atoms. The van der Waals surface area contributed by atoms with E-state index in [0.29, 0.717) is 22.5 Å². The molecule has 1 heterocycles. The Morgan fingerprint density at radius 1 is 1.06 bits per heavy atom. The van der Waals surface area contributed by atoms with Gasteiger partial charge in [-0.05, 0) is 66.9 Å². The lowest BCUT2D eigenvalue weighted by atomic mass is 10.1. The lowest BCUT2D eigenvalue weighted by Crippen LogP contribution is -2.11. The van der Waals surface area contributed by atoms with Crippen molar-refractivity contribution in [3.63, 3.8) is 0 Å². The smallest absolute Gasteiger partial charge is 0.220 e. The normalized spacial score (nSPS) is 11.9. The van der Waals surface area contributed by atoms with E-state index in [0.717, 1.165) is 28.2 Å². The second-order valence-electron chi connectivity index (χ2n) is 7.81. The fraction of sp³-hybridized carbons (Fsp3) is 0.200. The third kappa shape index (κ3) is 5.95. The second kappa shape index (κ2) is 10.7. The minimum Gasteiger partial charge on any atom is -0.489 e. The van der Waals surface area contributed by atoms with Gasteiger partial charge in [0.1, 0.15) is 23.4 Å². The van der Waals surface area contributed by atoms with Gasteiger partial charge in [0.05, 0.1) is 0 Å². The van der Waals surface area contributed by atoms with Gasteiger partial charge in [-0.3, -0.25) is 14.7 Å². The first-order valence-electron chi connectivity index (χ1n) is 10.6. The standard InChI is InChI=1S/C25H23ClN4O3S/c1-17-4-3-5-22(14-17)30-18(2)27-28-25(30)34-24(15-29(31)32)20-8-12-23(13-9-20)33-16-19-6-10-21(26)11-7-19/h3-14,24H,15-16H2,1-2H3/t24-/m0/s1. The van der Waals surface area contributed by atoms with Crippen molar-refractivity contribution in [1.82, 2.24) is 14.8 Å². The van der Waals surface area contributed by atoms with Crippen LogP contribution in [-0.4, -0.2) is 26.2 Å². The Morgan fingerprint density at radius 2 is 1.79 bits per heavy atom. The SMILES string of the molecule is Cc1cccc(-n2c(C)nnc2S[C@@H](C[N+](=O)[O-])c2ccc(OCc3ccc(Cl)cc3)cc2)c1. The van der Waals surface area contributed by atoms with Crippen LogP contribution in [0.15, 0.2) is 78.0 Å². The fourth-order valence-corrected chi connectivity index (χ4v) is 4.78. The van der Waals surface area contributed by atoms with Crippen molar-refractivity contribution in [2.45, 2.75) is 30.9 Å². The molecule has 0 fully saturated rings. The first-order chi connectivity index (χ1) is 16.4. The highest BCUT2D eigenvalue weighted by molar-refractivity contribution is 7.99. The first-order valence-corrected chi connectivity index (χ1v) is 11.9. The molecule has 1 aromatic heterocycles. The van der Waals surface area contributed by atoms with Gasteiger partial charge in [-0.15, -0.1) is 10.2 Å². The third-order valence-corrected chi connectivity index (χ3v) is 6.62. The van der Waals surface area contributed by atoms with Gasteiger partial charge in [0.15, 0.2) is 5.16 Å². The Morgan fingerprint density at radius 3 is 2.47 bits per heavy atom. The van der Waals surface area contributed by atoms with Crippen LogP contribution in [0.4, 0.5) is 0 Å². The van der Waals surface area contributed by atoms with E-state index in [4.69, 9.17) is 16.3 Å². The largest absolute Gasteiger partial charge is 0.489 e. The van der Waals surface area contributed by atoms with E-state index in [1.807, 2.05) is 91.2 Å². The Hall–Kier alpha value is -3.36. The maximum absolute atomic E-state index is 11.4. The summed E-state index contributed by atoms with van der Waals surface area (Å²) in [5.41, 5.74) is 3.85. The van der Waals surface area contributed by atoms with Crippen LogP contribution in [-0.2, 0) is 6.61 Å². The number of hydrogen-bond donors (Lipinski definition) is 0. The van der Waals surface area contributed by atoms with Crippen molar-refractivity contribution in [2.75, 3.05) is 6.54 Å². The average Bonchev–Trinajstić information content (AvgIpc) is 3.18. The van der Waals surface area contributed by atoms with Gasteiger partial charge in [-0.25, -0.2) is 0 Å². The summed E-state index contributed by atoms with van der Waals surface area (Å²) in [6.07, 6.45) is 0. The van der Waals surface area contributed by atoms with Crippen LogP contribution in [0.1, 0.15) is 27.8 Å². The summed E-state index contributed by atoms with van der Waals surface area (Å²) >= 11 is 7.25. The van der Waals surface area contributed by atoms with Crippen LogP contribution in [0.25, 0.3) is 5.69 Å². The monoisotopic (exact) mass is 494 g/mol. The molecule has 3 aromatic carbocycles. The molecule has 4 rings (SSSR count). The first kappa shape index (κ1) is 23.8. The molecule has 0 amide bonds. The van der Waals surface area contributed by atoms with E-state index in [2.05, 4.69) is 10.2 Å². The molecule has 1 atom stereocenters. The van der Waals surface area contributed by atoms with Crippen molar-refractivity contribution in [1.29, 1.82) is 0 Å². The van der Waals surface area contributed by atoms with Crippen LogP contribution in [0.2, 0.25) is 5.02 Å². The highest BCUT2D eigenvalue weighted by atomic mass is 35.5. The van der Waals surface area contributed by atoms with E-state index in [9.17, 15) is 10.1 Å². The Labute approximate surface area is 206 Å². The van der Waals surface area contributed by atoms with E-state index >= 15 is 0 Å². The number of halogens is 1. The molecule has 7 nitrogen and oxygen atoms in total. The summed E-state index contributed by atoms with van der Waals surface area (Å²) in [7, 11) is 0. The molecule has 0 spiro atoms. The molecule has 0 unspecified atom stereocenters. The Bertz CT molecular complexity index is 1280. The molecular weight excluding hydrogens is 472 g/mol. The number of aryl methyl sites for hydroxylation is 2. The summed E-state index contributed by atoms with van der Waals surface area (Å²) < 4.78 is 7.77. The van der Waals surface area contributed by atoms with Gasteiger partial charge in [0.25, 0.3) is 0 Å². The summed E-state index contributed by atoms with van der Waals surface area (Å²) in [4.78, 5) is 11.1. The van der Waals surface area contributed by atoms with Gasteiger partial charge in [0, 0.05) is 15.6 Å². The van der Waals surface area contributed by atoms with Crippen molar-refractivity contribution in [2.24, 2.45) is 0 Å². The van der Waals surface area contributed by atoms with Crippen molar-refractivity contribution in [3.05, 3.63) is 110 Å². The van der Waals surface area contributed by atoms with Gasteiger partial charge in [0.2, 0.25) is 6.54 Å². The van der Waals surface area contributed by atoms with Crippen molar-refractivity contribution < 1.29 is 9.66 Å². The molecule has 0 aliphatic heterocycles. The van der Waals surface area contributed by atoms with Crippen LogP contribution >= 0.6 is 23.4 Å². The highest BCUT2D eigenvalue weighted by Gasteiger charge is 2.24. The summed E-state index contributed by atoms with van der Waals surface area (Å²) in [5.74, 6) is 1.40.